The summed E-state index contributed by atoms with van der Waals surface area (Å²) >= 11 is 7.25. The quantitative estimate of drug-likeness (QED) is 0.785. The van der Waals surface area contributed by atoms with Gasteiger partial charge >= 0.3 is 0 Å². The molecule has 25 heavy (non-hydrogen) atoms. The van der Waals surface area contributed by atoms with Crippen LogP contribution in [0.15, 0.2) is 30.3 Å². The van der Waals surface area contributed by atoms with Crippen LogP contribution in [-0.2, 0) is 11.2 Å². The van der Waals surface area contributed by atoms with Crippen LogP contribution in [0.3, 0.4) is 0 Å². The summed E-state index contributed by atoms with van der Waals surface area (Å²) in [5, 5.41) is 3.46. The van der Waals surface area contributed by atoms with E-state index in [0.717, 1.165) is 43.3 Å². The summed E-state index contributed by atoms with van der Waals surface area (Å²) in [7, 11) is 0. The van der Waals surface area contributed by atoms with Gasteiger partial charge < -0.3 is 10.2 Å². The van der Waals surface area contributed by atoms with Crippen LogP contribution in [0.4, 0.5) is 5.13 Å². The summed E-state index contributed by atoms with van der Waals surface area (Å²) in [6.45, 7) is 4.31. The molecule has 7 heteroatoms. The largest absolute Gasteiger partial charge is 0.355 e. The van der Waals surface area contributed by atoms with E-state index in [2.05, 4.69) is 26.7 Å². The first-order valence-corrected chi connectivity index (χ1v) is 9.86. The molecule has 1 saturated heterocycles. The SMILES string of the molecule is C[C@H](Cl)C(=O)NCC1CCN(c2nc(Cc3ccccc3)ns2)CC1. The Morgan fingerprint density at radius 1 is 1.36 bits per heavy atom. The molecule has 1 aliphatic heterocycles. The maximum absolute atomic E-state index is 11.6. The van der Waals surface area contributed by atoms with E-state index in [1.807, 2.05) is 18.2 Å². The Kier molecular flexibility index (Phi) is 6.26. The van der Waals surface area contributed by atoms with E-state index < -0.39 is 5.38 Å². The molecule has 2 heterocycles. The standard InChI is InChI=1S/C18H23ClN4OS/c1-13(19)17(24)20-12-15-7-9-23(10-8-15)18-21-16(22-25-18)11-14-5-3-2-4-6-14/h2-6,13,15H,7-12H2,1H3,(H,20,24)/t13-/m0/s1. The maximum Gasteiger partial charge on any atom is 0.237 e. The molecule has 0 saturated carbocycles. The van der Waals surface area contributed by atoms with Crippen molar-refractivity contribution < 1.29 is 4.79 Å². The number of hydrogen-bond donors (Lipinski definition) is 1. The van der Waals surface area contributed by atoms with Gasteiger partial charge in [0.15, 0.2) is 0 Å². The Morgan fingerprint density at radius 2 is 2.08 bits per heavy atom. The molecule has 5 nitrogen and oxygen atoms in total. The Morgan fingerprint density at radius 3 is 2.76 bits per heavy atom. The zero-order chi connectivity index (χ0) is 17.6. The Hall–Kier alpha value is -1.66. The molecular formula is C18H23ClN4OS. The number of anilines is 1. The highest BCUT2D eigenvalue weighted by Crippen LogP contribution is 2.25. The van der Waals surface area contributed by atoms with Crippen LogP contribution in [0, 0.1) is 5.92 Å². The Balaban J connectivity index is 1.48. The average molecular weight is 379 g/mol. The molecule has 134 valence electrons. The van der Waals surface area contributed by atoms with Gasteiger partial charge in [0.1, 0.15) is 11.2 Å². The first-order valence-electron chi connectivity index (χ1n) is 8.65. The third-order valence-corrected chi connectivity index (χ3v) is 5.49. The summed E-state index contributed by atoms with van der Waals surface area (Å²) in [6.07, 6.45) is 2.87. The average Bonchev–Trinajstić information content (AvgIpc) is 3.09. The molecule has 1 amide bonds. The second-order valence-corrected chi connectivity index (χ2v) is 7.83. The lowest BCUT2D eigenvalue weighted by atomic mass is 9.97. The van der Waals surface area contributed by atoms with E-state index >= 15 is 0 Å². The van der Waals surface area contributed by atoms with Crippen LogP contribution in [0.1, 0.15) is 31.2 Å². The molecule has 0 radical (unpaired) electrons. The molecule has 1 aromatic carbocycles. The van der Waals surface area contributed by atoms with Gasteiger partial charge in [-0.05, 0) is 31.2 Å². The van der Waals surface area contributed by atoms with E-state index in [1.165, 1.54) is 17.1 Å². The second kappa shape index (κ2) is 8.63. The van der Waals surface area contributed by atoms with Crippen molar-refractivity contribution in [1.82, 2.24) is 14.7 Å². The molecular weight excluding hydrogens is 356 g/mol. The summed E-state index contributed by atoms with van der Waals surface area (Å²) in [5.41, 5.74) is 1.23. The summed E-state index contributed by atoms with van der Waals surface area (Å²) < 4.78 is 4.50. The molecule has 3 rings (SSSR count). The van der Waals surface area contributed by atoms with Crippen molar-refractivity contribution in [2.24, 2.45) is 5.92 Å². The highest BCUT2D eigenvalue weighted by atomic mass is 35.5. The fraction of sp³-hybridized carbons (Fsp3) is 0.500. The van der Waals surface area contributed by atoms with E-state index in [1.54, 1.807) is 6.92 Å². The number of hydrogen-bond acceptors (Lipinski definition) is 5. The first kappa shape index (κ1) is 18.1. The zero-order valence-corrected chi connectivity index (χ0v) is 15.9. The van der Waals surface area contributed by atoms with Gasteiger partial charge in [-0.1, -0.05) is 30.3 Å². The second-order valence-electron chi connectivity index (χ2n) is 6.45. The molecule has 1 aromatic heterocycles. The van der Waals surface area contributed by atoms with Crippen molar-refractivity contribution in [3.05, 3.63) is 41.7 Å². The Bertz CT molecular complexity index is 683. The van der Waals surface area contributed by atoms with Gasteiger partial charge in [-0.3, -0.25) is 4.79 Å². The van der Waals surface area contributed by atoms with Crippen molar-refractivity contribution in [2.75, 3.05) is 24.5 Å². The highest BCUT2D eigenvalue weighted by molar-refractivity contribution is 7.09. The molecule has 0 aliphatic carbocycles. The number of piperidine rings is 1. The normalized spacial score (nSPS) is 16.6. The maximum atomic E-state index is 11.6. The number of benzene rings is 1. The molecule has 1 fully saturated rings. The summed E-state index contributed by atoms with van der Waals surface area (Å²) in [5.74, 6) is 1.31. The molecule has 0 bridgehead atoms. The number of rotatable bonds is 6. The number of halogens is 1. The number of amides is 1. The molecule has 0 spiro atoms. The molecule has 1 atom stereocenters. The van der Waals surface area contributed by atoms with Gasteiger partial charge in [0.25, 0.3) is 0 Å². The lowest BCUT2D eigenvalue weighted by Gasteiger charge is -2.31. The van der Waals surface area contributed by atoms with E-state index in [-0.39, 0.29) is 5.91 Å². The summed E-state index contributed by atoms with van der Waals surface area (Å²) in [6, 6.07) is 10.3. The van der Waals surface area contributed by atoms with Crippen molar-refractivity contribution in [3.8, 4) is 0 Å². The smallest absolute Gasteiger partial charge is 0.237 e. The van der Waals surface area contributed by atoms with Crippen molar-refractivity contribution in [2.45, 2.75) is 31.6 Å². The van der Waals surface area contributed by atoms with Crippen molar-refractivity contribution >= 4 is 34.2 Å². The fourth-order valence-electron chi connectivity index (χ4n) is 2.94. The predicted molar refractivity (Wildman–Crippen MR) is 102 cm³/mol. The van der Waals surface area contributed by atoms with Crippen LogP contribution in [0.2, 0.25) is 0 Å². The van der Waals surface area contributed by atoms with E-state index in [4.69, 9.17) is 16.6 Å². The predicted octanol–water partition coefficient (Wildman–Crippen LogP) is 3.09. The minimum Gasteiger partial charge on any atom is -0.355 e. The monoisotopic (exact) mass is 378 g/mol. The Labute approximate surface area is 157 Å². The topological polar surface area (TPSA) is 58.1 Å². The van der Waals surface area contributed by atoms with Crippen LogP contribution < -0.4 is 10.2 Å². The lowest BCUT2D eigenvalue weighted by Crippen LogP contribution is -2.40. The summed E-state index contributed by atoms with van der Waals surface area (Å²) in [4.78, 5) is 18.6. The van der Waals surface area contributed by atoms with Crippen molar-refractivity contribution in [3.63, 3.8) is 0 Å². The fourth-order valence-corrected chi connectivity index (χ4v) is 3.75. The number of aromatic nitrogens is 2. The highest BCUT2D eigenvalue weighted by Gasteiger charge is 2.22. The number of carbonyl (C=O) groups is 1. The number of carbonyl (C=O) groups excluding carboxylic acids is 1. The number of alkyl halides is 1. The number of nitrogens with one attached hydrogen (secondary N) is 1. The lowest BCUT2D eigenvalue weighted by molar-refractivity contribution is -0.120. The van der Waals surface area contributed by atoms with Gasteiger partial charge in [0, 0.05) is 37.6 Å². The van der Waals surface area contributed by atoms with Crippen LogP contribution >= 0.6 is 23.1 Å². The van der Waals surface area contributed by atoms with Gasteiger partial charge in [0.2, 0.25) is 11.0 Å². The van der Waals surface area contributed by atoms with E-state index in [9.17, 15) is 4.79 Å². The third kappa shape index (κ3) is 5.16. The van der Waals surface area contributed by atoms with E-state index in [0.29, 0.717) is 12.5 Å². The van der Waals surface area contributed by atoms with Gasteiger partial charge in [0.05, 0.1) is 0 Å². The molecule has 1 N–H and O–H groups in total. The number of nitrogens with zero attached hydrogens (tertiary/aromatic N) is 3. The van der Waals surface area contributed by atoms with Gasteiger partial charge in [-0.2, -0.15) is 4.37 Å². The molecule has 0 unspecified atom stereocenters. The zero-order valence-electron chi connectivity index (χ0n) is 14.3. The minimum absolute atomic E-state index is 0.0845. The first-order chi connectivity index (χ1) is 12.1. The minimum atomic E-state index is -0.468. The van der Waals surface area contributed by atoms with Crippen LogP contribution in [-0.4, -0.2) is 40.3 Å². The molecule has 1 aliphatic rings. The van der Waals surface area contributed by atoms with Crippen LogP contribution in [0.5, 0.6) is 0 Å². The van der Waals surface area contributed by atoms with Crippen LogP contribution in [0.25, 0.3) is 0 Å². The van der Waals surface area contributed by atoms with Gasteiger partial charge in [-0.25, -0.2) is 4.98 Å². The third-order valence-electron chi connectivity index (χ3n) is 4.47. The van der Waals surface area contributed by atoms with Gasteiger partial charge in [-0.15, -0.1) is 11.6 Å². The molecule has 2 aromatic rings. The van der Waals surface area contributed by atoms with Crippen molar-refractivity contribution in [1.29, 1.82) is 0 Å².